The van der Waals surface area contributed by atoms with Crippen molar-refractivity contribution in [2.75, 3.05) is 18.0 Å². The number of piperidine rings is 1. The topological polar surface area (TPSA) is 46.3 Å². The highest BCUT2D eigenvalue weighted by Crippen LogP contribution is 2.30. The van der Waals surface area contributed by atoms with E-state index in [-0.39, 0.29) is 11.7 Å². The van der Waals surface area contributed by atoms with Crippen LogP contribution in [0.5, 0.6) is 0 Å². The number of hydrogen-bond donors (Lipinski definition) is 0. The van der Waals surface area contributed by atoms with E-state index >= 15 is 0 Å². The highest BCUT2D eigenvalue weighted by molar-refractivity contribution is 5.59. The standard InChI is InChI=1S/C22H18F3N5/c23-17-5-1-3-15(11-17)22-27-26-20-8-9-21(28-30(20)22)29-10-2-4-16(13-29)14-6-7-18(24)19(25)12-14/h1,3,5-9,11-12,16H,2,4,10,13H2. The first kappa shape index (κ1) is 18.6. The summed E-state index contributed by atoms with van der Waals surface area (Å²) in [6.45, 7) is 1.44. The van der Waals surface area contributed by atoms with Crippen molar-refractivity contribution < 1.29 is 13.2 Å². The molecule has 1 aliphatic heterocycles. The molecule has 30 heavy (non-hydrogen) atoms. The van der Waals surface area contributed by atoms with Crippen LogP contribution >= 0.6 is 0 Å². The van der Waals surface area contributed by atoms with Crippen LogP contribution in [-0.2, 0) is 0 Å². The fourth-order valence-electron chi connectivity index (χ4n) is 3.98. The molecule has 1 atom stereocenters. The van der Waals surface area contributed by atoms with Gasteiger partial charge in [0.25, 0.3) is 0 Å². The Hall–Kier alpha value is -3.42. The van der Waals surface area contributed by atoms with Gasteiger partial charge in [0.15, 0.2) is 23.1 Å². The third kappa shape index (κ3) is 3.38. The SMILES string of the molecule is Fc1cccc(-c2nnc3ccc(N4CCCC(c5ccc(F)c(F)c5)C4)nn23)c1. The first-order valence-electron chi connectivity index (χ1n) is 9.77. The summed E-state index contributed by atoms with van der Waals surface area (Å²) in [5, 5.41) is 13.0. The third-order valence-electron chi connectivity index (χ3n) is 5.49. The Morgan fingerprint density at radius 1 is 0.900 bits per heavy atom. The van der Waals surface area contributed by atoms with Gasteiger partial charge in [0.1, 0.15) is 11.6 Å². The summed E-state index contributed by atoms with van der Waals surface area (Å²) >= 11 is 0. The second kappa shape index (κ2) is 7.44. The van der Waals surface area contributed by atoms with Gasteiger partial charge in [-0.1, -0.05) is 18.2 Å². The lowest BCUT2D eigenvalue weighted by atomic mass is 9.90. The van der Waals surface area contributed by atoms with Crippen molar-refractivity contribution in [1.29, 1.82) is 0 Å². The third-order valence-corrected chi connectivity index (χ3v) is 5.49. The molecule has 0 bridgehead atoms. The van der Waals surface area contributed by atoms with Crippen LogP contribution < -0.4 is 4.90 Å². The maximum atomic E-state index is 13.7. The molecule has 0 saturated carbocycles. The predicted molar refractivity (Wildman–Crippen MR) is 107 cm³/mol. The summed E-state index contributed by atoms with van der Waals surface area (Å²) in [5.41, 5.74) is 1.93. The van der Waals surface area contributed by atoms with Gasteiger partial charge < -0.3 is 4.90 Å². The van der Waals surface area contributed by atoms with Crippen molar-refractivity contribution in [2.45, 2.75) is 18.8 Å². The van der Waals surface area contributed by atoms with Crippen molar-refractivity contribution in [2.24, 2.45) is 0 Å². The van der Waals surface area contributed by atoms with Crippen molar-refractivity contribution in [3.05, 3.63) is 77.6 Å². The zero-order valence-corrected chi connectivity index (χ0v) is 16.0. The van der Waals surface area contributed by atoms with Crippen LogP contribution in [0.15, 0.2) is 54.6 Å². The van der Waals surface area contributed by atoms with E-state index in [1.165, 1.54) is 24.3 Å². The monoisotopic (exact) mass is 409 g/mol. The van der Waals surface area contributed by atoms with Crippen LogP contribution in [0.1, 0.15) is 24.3 Å². The van der Waals surface area contributed by atoms with E-state index < -0.39 is 11.6 Å². The van der Waals surface area contributed by atoms with E-state index in [4.69, 9.17) is 0 Å². The van der Waals surface area contributed by atoms with E-state index in [0.29, 0.717) is 23.6 Å². The first-order valence-corrected chi connectivity index (χ1v) is 9.77. The number of hydrogen-bond acceptors (Lipinski definition) is 4. The summed E-state index contributed by atoms with van der Waals surface area (Å²) < 4.78 is 42.2. The highest BCUT2D eigenvalue weighted by atomic mass is 19.2. The maximum absolute atomic E-state index is 13.7. The van der Waals surface area contributed by atoms with Crippen molar-refractivity contribution in [1.82, 2.24) is 19.8 Å². The zero-order valence-electron chi connectivity index (χ0n) is 16.0. The molecule has 1 fully saturated rings. The maximum Gasteiger partial charge on any atom is 0.185 e. The number of fused-ring (bicyclic) bond motifs is 1. The molecule has 1 aliphatic rings. The lowest BCUT2D eigenvalue weighted by Gasteiger charge is -2.33. The largest absolute Gasteiger partial charge is 0.355 e. The van der Waals surface area contributed by atoms with Crippen LogP contribution in [-0.4, -0.2) is 32.9 Å². The van der Waals surface area contributed by atoms with Crippen LogP contribution in [0.2, 0.25) is 0 Å². The number of benzene rings is 2. The Morgan fingerprint density at radius 2 is 1.80 bits per heavy atom. The summed E-state index contributed by atoms with van der Waals surface area (Å²) in [6, 6.07) is 13.9. The van der Waals surface area contributed by atoms with Gasteiger partial charge in [-0.2, -0.15) is 4.52 Å². The fourth-order valence-corrected chi connectivity index (χ4v) is 3.98. The zero-order chi connectivity index (χ0) is 20.7. The van der Waals surface area contributed by atoms with Gasteiger partial charge in [-0.3, -0.25) is 0 Å². The number of halogens is 3. The van der Waals surface area contributed by atoms with Crippen LogP contribution in [0.4, 0.5) is 19.0 Å². The van der Waals surface area contributed by atoms with Gasteiger partial charge in [0.2, 0.25) is 0 Å². The normalized spacial score (nSPS) is 16.9. The molecule has 2 aromatic heterocycles. The molecule has 1 unspecified atom stereocenters. The summed E-state index contributed by atoms with van der Waals surface area (Å²) in [7, 11) is 0. The molecular formula is C22H18F3N5. The Labute approximate surface area is 170 Å². The number of anilines is 1. The fraction of sp³-hybridized carbons (Fsp3) is 0.227. The van der Waals surface area contributed by atoms with Crippen LogP contribution in [0.25, 0.3) is 17.0 Å². The minimum Gasteiger partial charge on any atom is -0.355 e. The Kier molecular flexibility index (Phi) is 4.61. The van der Waals surface area contributed by atoms with Crippen molar-refractivity contribution >= 4 is 11.5 Å². The van der Waals surface area contributed by atoms with E-state index in [0.717, 1.165) is 30.8 Å². The molecule has 3 heterocycles. The predicted octanol–water partition coefficient (Wildman–Crippen LogP) is 4.59. The highest BCUT2D eigenvalue weighted by Gasteiger charge is 2.24. The molecule has 0 amide bonds. The molecular weight excluding hydrogens is 391 g/mol. The minimum atomic E-state index is -0.837. The number of aromatic nitrogens is 4. The van der Waals surface area contributed by atoms with Crippen LogP contribution in [0, 0.1) is 17.5 Å². The lowest BCUT2D eigenvalue weighted by Crippen LogP contribution is -2.35. The van der Waals surface area contributed by atoms with E-state index in [1.54, 1.807) is 22.7 Å². The second-order valence-electron chi connectivity index (χ2n) is 7.45. The van der Waals surface area contributed by atoms with Crippen molar-refractivity contribution in [3.63, 3.8) is 0 Å². The molecule has 0 N–H and O–H groups in total. The quantitative estimate of drug-likeness (QED) is 0.497. The molecule has 2 aromatic carbocycles. The molecule has 0 spiro atoms. The second-order valence-corrected chi connectivity index (χ2v) is 7.45. The first-order chi connectivity index (χ1) is 14.6. The average molecular weight is 409 g/mol. The molecule has 8 heteroatoms. The Balaban J connectivity index is 1.46. The van der Waals surface area contributed by atoms with Gasteiger partial charge in [-0.15, -0.1) is 15.3 Å². The smallest absolute Gasteiger partial charge is 0.185 e. The van der Waals surface area contributed by atoms with Crippen molar-refractivity contribution in [3.8, 4) is 11.4 Å². The van der Waals surface area contributed by atoms with E-state index in [2.05, 4.69) is 20.2 Å². The van der Waals surface area contributed by atoms with Crippen LogP contribution in [0.3, 0.4) is 0 Å². The molecule has 5 nitrogen and oxygen atoms in total. The number of nitrogens with zero attached hydrogens (tertiary/aromatic N) is 5. The van der Waals surface area contributed by atoms with Gasteiger partial charge in [0.05, 0.1) is 0 Å². The van der Waals surface area contributed by atoms with Gasteiger partial charge in [-0.05, 0) is 54.8 Å². The van der Waals surface area contributed by atoms with E-state index in [1.807, 2.05) is 12.1 Å². The number of rotatable bonds is 3. The average Bonchev–Trinajstić information content (AvgIpc) is 3.19. The minimum absolute atomic E-state index is 0.0787. The Morgan fingerprint density at radius 3 is 2.63 bits per heavy atom. The molecule has 1 saturated heterocycles. The summed E-state index contributed by atoms with van der Waals surface area (Å²) in [4.78, 5) is 2.12. The van der Waals surface area contributed by atoms with E-state index in [9.17, 15) is 13.2 Å². The van der Waals surface area contributed by atoms with Gasteiger partial charge >= 0.3 is 0 Å². The Bertz CT molecular complexity index is 1220. The van der Waals surface area contributed by atoms with Gasteiger partial charge in [0, 0.05) is 24.6 Å². The summed E-state index contributed by atoms with van der Waals surface area (Å²) in [5.74, 6) is -0.752. The molecule has 5 rings (SSSR count). The summed E-state index contributed by atoms with van der Waals surface area (Å²) in [6.07, 6.45) is 1.80. The van der Waals surface area contributed by atoms with Gasteiger partial charge in [-0.25, -0.2) is 13.2 Å². The molecule has 0 radical (unpaired) electrons. The molecule has 0 aliphatic carbocycles. The lowest BCUT2D eigenvalue weighted by molar-refractivity contribution is 0.486. The molecule has 4 aromatic rings. The molecule has 152 valence electrons.